The maximum atomic E-state index is 13.0. The fraction of sp³-hybridized carbons (Fsp3) is 0.819. The van der Waals surface area contributed by atoms with Crippen LogP contribution in [0.5, 0.6) is 0 Å². The second kappa shape index (κ2) is 62.5. The summed E-state index contributed by atoms with van der Waals surface area (Å²) < 4.78 is 23.4. The Balaban J connectivity index is 4.15. The lowest BCUT2D eigenvalue weighted by Gasteiger charge is -2.29. The third kappa shape index (κ3) is 65.3. The zero-order chi connectivity index (χ0) is 59.1. The first kappa shape index (κ1) is 78.9. The predicted molar refractivity (Wildman–Crippen MR) is 353 cm³/mol. The zero-order valence-electron chi connectivity index (χ0n) is 54.2. The average molecular weight is 1160 g/mol. The lowest BCUT2D eigenvalue weighted by Crippen LogP contribution is -2.45. The van der Waals surface area contributed by atoms with Crippen LogP contribution in [0.15, 0.2) is 72.9 Å². The van der Waals surface area contributed by atoms with Crippen LogP contribution in [-0.2, 0) is 18.4 Å². The number of carbonyl (C=O) groups is 1. The van der Waals surface area contributed by atoms with Gasteiger partial charge in [-0.05, 0) is 83.5 Å². The molecule has 0 aliphatic carbocycles. The lowest BCUT2D eigenvalue weighted by atomic mass is 10.0. The maximum Gasteiger partial charge on any atom is 0.268 e. The number of hydrogen-bond acceptors (Lipinski definition) is 6. The lowest BCUT2D eigenvalue weighted by molar-refractivity contribution is -0.870. The fourth-order valence-electron chi connectivity index (χ4n) is 10.2. The highest BCUT2D eigenvalue weighted by atomic mass is 31.2. The van der Waals surface area contributed by atoms with Crippen LogP contribution in [0.1, 0.15) is 328 Å². The Hall–Kier alpha value is -2.06. The number of hydrogen-bond donors (Lipinski definition) is 2. The first-order valence-corrected chi connectivity index (χ1v) is 36.3. The van der Waals surface area contributed by atoms with Gasteiger partial charge in [-0.15, -0.1) is 0 Å². The van der Waals surface area contributed by atoms with E-state index in [0.29, 0.717) is 17.4 Å². The summed E-state index contributed by atoms with van der Waals surface area (Å²) in [7, 11) is 1.24. The molecule has 0 saturated carbocycles. The van der Waals surface area contributed by atoms with Crippen LogP contribution in [-0.4, -0.2) is 68.5 Å². The van der Waals surface area contributed by atoms with E-state index in [1.54, 1.807) is 6.08 Å². The quantitative estimate of drug-likeness (QED) is 0.0272. The summed E-state index contributed by atoms with van der Waals surface area (Å²) in [6, 6.07) is -0.916. The molecule has 474 valence electrons. The highest BCUT2D eigenvalue weighted by molar-refractivity contribution is 7.45. The minimum absolute atomic E-state index is 0.0114. The first-order valence-electron chi connectivity index (χ1n) is 34.8. The molecule has 3 atom stereocenters. The number of carbonyl (C=O) groups excluding carboxylic acids is 1. The SMILES string of the molecule is CCCCCCC/C=C\C/C=C\C/C=C\CCCCCCCCCCCCCCC(=O)NC(COP(=O)([O-])OCC[N+](C)(C)C)C(O)/C=C/CC/C=C/CC/C=C/CCCCCCCCCCCCCCCCCCCCCCCC. The van der Waals surface area contributed by atoms with Gasteiger partial charge in [-0.1, -0.05) is 311 Å². The van der Waals surface area contributed by atoms with Gasteiger partial charge in [0.15, 0.2) is 0 Å². The molecule has 0 rings (SSSR count). The number of unbranched alkanes of at least 4 members (excludes halogenated alkanes) is 41. The van der Waals surface area contributed by atoms with Crippen molar-refractivity contribution in [1.82, 2.24) is 5.32 Å². The number of phosphoric acid groups is 1. The number of amides is 1. The number of quaternary nitrogens is 1. The summed E-state index contributed by atoms with van der Waals surface area (Å²) in [6.45, 7) is 4.64. The Morgan fingerprint density at radius 1 is 0.432 bits per heavy atom. The van der Waals surface area contributed by atoms with Crippen LogP contribution < -0.4 is 10.2 Å². The van der Waals surface area contributed by atoms with Crippen molar-refractivity contribution in [1.29, 1.82) is 0 Å². The summed E-state index contributed by atoms with van der Waals surface area (Å²) in [6.07, 6.45) is 87.4. The van der Waals surface area contributed by atoms with Gasteiger partial charge in [-0.3, -0.25) is 9.36 Å². The summed E-state index contributed by atoms with van der Waals surface area (Å²) in [5, 5.41) is 13.9. The van der Waals surface area contributed by atoms with Crippen molar-refractivity contribution in [2.45, 2.75) is 341 Å². The molecule has 81 heavy (non-hydrogen) atoms. The van der Waals surface area contributed by atoms with Gasteiger partial charge >= 0.3 is 0 Å². The molecule has 0 aliphatic rings. The Bertz CT molecular complexity index is 1550. The molecule has 0 bridgehead atoms. The molecule has 9 heteroatoms. The van der Waals surface area contributed by atoms with Crippen molar-refractivity contribution in [3.05, 3.63) is 72.9 Å². The van der Waals surface area contributed by atoms with E-state index in [2.05, 4.69) is 79.9 Å². The van der Waals surface area contributed by atoms with E-state index in [0.717, 1.165) is 57.8 Å². The minimum atomic E-state index is -4.62. The van der Waals surface area contributed by atoms with Gasteiger partial charge in [0.25, 0.3) is 7.82 Å². The number of likely N-dealkylation sites (N-methyl/N-ethyl adjacent to an activating group) is 1. The first-order chi connectivity index (χ1) is 39.5. The molecule has 0 aliphatic heterocycles. The molecule has 0 spiro atoms. The zero-order valence-corrected chi connectivity index (χ0v) is 55.1. The molecule has 2 N–H and O–H groups in total. The monoisotopic (exact) mass is 1160 g/mol. The molecule has 1 amide bonds. The highest BCUT2D eigenvalue weighted by Gasteiger charge is 2.23. The molecule has 8 nitrogen and oxygen atoms in total. The minimum Gasteiger partial charge on any atom is -0.756 e. The van der Waals surface area contributed by atoms with Crippen molar-refractivity contribution >= 4 is 13.7 Å². The van der Waals surface area contributed by atoms with E-state index in [1.165, 1.54) is 250 Å². The Morgan fingerprint density at radius 3 is 1.09 bits per heavy atom. The fourth-order valence-corrected chi connectivity index (χ4v) is 10.9. The van der Waals surface area contributed by atoms with Gasteiger partial charge in [0.05, 0.1) is 39.9 Å². The van der Waals surface area contributed by atoms with Crippen molar-refractivity contribution < 1.29 is 32.9 Å². The third-order valence-electron chi connectivity index (χ3n) is 15.6. The number of aliphatic hydroxyl groups excluding tert-OH is 1. The molecule has 0 aromatic heterocycles. The van der Waals surface area contributed by atoms with Crippen LogP contribution in [0.3, 0.4) is 0 Å². The Labute approximate surface area is 504 Å². The van der Waals surface area contributed by atoms with Crippen molar-refractivity contribution in [2.75, 3.05) is 40.9 Å². The average Bonchev–Trinajstić information content (AvgIpc) is 3.43. The smallest absolute Gasteiger partial charge is 0.268 e. The summed E-state index contributed by atoms with van der Waals surface area (Å²) in [5.74, 6) is -0.212. The van der Waals surface area contributed by atoms with Crippen LogP contribution in [0.25, 0.3) is 0 Å². The van der Waals surface area contributed by atoms with Crippen molar-refractivity contribution in [3.63, 3.8) is 0 Å². The van der Waals surface area contributed by atoms with E-state index in [-0.39, 0.29) is 12.5 Å². The Morgan fingerprint density at radius 2 is 0.728 bits per heavy atom. The third-order valence-corrected chi connectivity index (χ3v) is 16.6. The van der Waals surface area contributed by atoms with E-state index in [9.17, 15) is 19.4 Å². The summed E-state index contributed by atoms with van der Waals surface area (Å²) >= 11 is 0. The molecular weight excluding hydrogens is 1020 g/mol. The van der Waals surface area contributed by atoms with Gasteiger partial charge in [-0.2, -0.15) is 0 Å². The van der Waals surface area contributed by atoms with E-state index >= 15 is 0 Å². The van der Waals surface area contributed by atoms with E-state index < -0.39 is 26.6 Å². The molecule has 0 aromatic rings. The maximum absolute atomic E-state index is 13.0. The van der Waals surface area contributed by atoms with Crippen LogP contribution in [0.4, 0.5) is 0 Å². The Kier molecular flexibility index (Phi) is 60.9. The topological polar surface area (TPSA) is 108 Å². The molecule has 3 unspecified atom stereocenters. The van der Waals surface area contributed by atoms with Gasteiger partial charge < -0.3 is 28.8 Å². The normalized spacial score (nSPS) is 14.1. The number of nitrogens with zero attached hydrogens (tertiary/aromatic N) is 1. The standard InChI is InChI=1S/C72H135N2O6P/c1-6-8-10-12-14-16-18-20-22-24-26-28-30-32-34-35-36-37-38-40-41-43-45-47-49-51-53-55-57-59-61-63-65-71(75)70(69-80-81(77,78)79-68-67-74(3,4)5)73-72(76)66-64-62-60-58-56-54-52-50-48-46-44-42-39-33-31-29-27-25-23-21-19-17-15-13-11-9-7-2/h19,21,25,27,31,33,47,49,55,57,63,65,70-71,75H,6-18,20,22-24,26,28-30,32,34-46,48,50-54,56,58-62,64,66-69H2,1-5H3,(H-,73,76,77,78)/b21-19-,27-25-,33-31-,49-47+,57-55+,65-63+. The number of aliphatic hydroxyl groups is 1. The largest absolute Gasteiger partial charge is 0.756 e. The van der Waals surface area contributed by atoms with E-state index in [4.69, 9.17) is 9.05 Å². The molecule has 0 saturated heterocycles. The number of phosphoric ester groups is 1. The van der Waals surface area contributed by atoms with Gasteiger partial charge in [0, 0.05) is 6.42 Å². The van der Waals surface area contributed by atoms with Crippen LogP contribution >= 0.6 is 7.82 Å². The van der Waals surface area contributed by atoms with Crippen molar-refractivity contribution in [2.24, 2.45) is 0 Å². The number of rotatable bonds is 64. The highest BCUT2D eigenvalue weighted by Crippen LogP contribution is 2.38. The predicted octanol–water partition coefficient (Wildman–Crippen LogP) is 21.5. The molecule has 0 heterocycles. The van der Waals surface area contributed by atoms with Crippen LogP contribution in [0, 0.1) is 0 Å². The van der Waals surface area contributed by atoms with Crippen molar-refractivity contribution in [3.8, 4) is 0 Å². The van der Waals surface area contributed by atoms with Gasteiger partial charge in [0.2, 0.25) is 5.91 Å². The summed E-state index contributed by atoms with van der Waals surface area (Å²) in [5.41, 5.74) is 0. The molecule has 0 radical (unpaired) electrons. The van der Waals surface area contributed by atoms with Gasteiger partial charge in [0.1, 0.15) is 13.2 Å². The van der Waals surface area contributed by atoms with Crippen LogP contribution in [0.2, 0.25) is 0 Å². The molecular formula is C72H135N2O6P. The summed E-state index contributed by atoms with van der Waals surface area (Å²) in [4.78, 5) is 25.6. The second-order valence-corrected chi connectivity index (χ2v) is 26.3. The van der Waals surface area contributed by atoms with Gasteiger partial charge in [-0.25, -0.2) is 0 Å². The van der Waals surface area contributed by atoms with E-state index in [1.807, 2.05) is 27.2 Å². The molecule has 0 fully saturated rings. The second-order valence-electron chi connectivity index (χ2n) is 24.9. The number of allylic oxidation sites excluding steroid dienone is 11. The molecule has 0 aromatic carbocycles. The number of nitrogens with one attached hydrogen (secondary N) is 1.